The average molecular weight is 320 g/mol. The molecule has 2 heterocycles. The Labute approximate surface area is 130 Å². The largest absolute Gasteiger partial charge is 0.395 e. The maximum atomic E-state index is 14.4. The lowest BCUT2D eigenvalue weighted by molar-refractivity contribution is 0.304. The molecule has 0 aliphatic carbocycles. The summed E-state index contributed by atoms with van der Waals surface area (Å²) >= 11 is 1.49. The molecule has 0 fully saturated rings. The Hall–Kier alpha value is -2.05. The molecule has 0 aliphatic heterocycles. The molecule has 22 heavy (non-hydrogen) atoms. The highest BCUT2D eigenvalue weighted by molar-refractivity contribution is 7.13. The summed E-state index contributed by atoms with van der Waals surface area (Å²) in [5.41, 5.74) is 0.699. The number of hydrogen-bond donors (Lipinski definition) is 1. The van der Waals surface area contributed by atoms with Crippen LogP contribution in [-0.4, -0.2) is 30.3 Å². The van der Waals surface area contributed by atoms with Gasteiger partial charge in [-0.2, -0.15) is 0 Å². The Bertz CT molecular complexity index is 806. The van der Waals surface area contributed by atoms with Crippen LogP contribution in [0.3, 0.4) is 0 Å². The number of aliphatic hydroxyl groups is 1. The molecular weight excluding hydrogens is 306 g/mol. The highest BCUT2D eigenvalue weighted by Crippen LogP contribution is 2.36. The van der Waals surface area contributed by atoms with Crippen molar-refractivity contribution in [3.05, 3.63) is 47.5 Å². The van der Waals surface area contributed by atoms with E-state index >= 15 is 0 Å². The molecule has 0 saturated heterocycles. The number of aliphatic hydroxyl groups excluding tert-OH is 1. The van der Waals surface area contributed by atoms with Gasteiger partial charge in [-0.15, -0.1) is 11.3 Å². The maximum Gasteiger partial charge on any atom is 0.139 e. The quantitative estimate of drug-likeness (QED) is 0.797. The highest BCUT2D eigenvalue weighted by Gasteiger charge is 2.17. The number of aromatic nitrogens is 1. The number of hydrogen-bond acceptors (Lipinski definition) is 4. The van der Waals surface area contributed by atoms with Crippen LogP contribution >= 0.6 is 11.3 Å². The fourth-order valence-corrected chi connectivity index (χ4v) is 3.20. The summed E-state index contributed by atoms with van der Waals surface area (Å²) in [6, 6.07) is 5.96. The molecule has 2 aromatic heterocycles. The molecule has 0 radical (unpaired) electrons. The van der Waals surface area contributed by atoms with Crippen LogP contribution in [0.15, 0.2) is 35.8 Å². The standard InChI is InChI=1S/C16H14F2N2OS/c1-20(4-5-21)16-15-11(7-10(17)8-13(15)18)12(9-19-16)14-3-2-6-22-14/h2-3,6-9,21H,4-5H2,1H3. The third-order valence-electron chi connectivity index (χ3n) is 3.47. The van der Waals surface area contributed by atoms with Gasteiger partial charge in [-0.25, -0.2) is 13.8 Å². The highest BCUT2D eigenvalue weighted by atomic mass is 32.1. The SMILES string of the molecule is CN(CCO)c1ncc(-c2cccs2)c2cc(F)cc(F)c12. The summed E-state index contributed by atoms with van der Waals surface area (Å²) in [5, 5.41) is 11.7. The second-order valence-corrected chi connectivity index (χ2v) is 5.88. The first-order chi connectivity index (χ1) is 10.6. The van der Waals surface area contributed by atoms with Crippen LogP contribution in [0.2, 0.25) is 0 Å². The van der Waals surface area contributed by atoms with Gasteiger partial charge < -0.3 is 10.0 Å². The molecule has 0 unspecified atom stereocenters. The van der Waals surface area contributed by atoms with Crippen molar-refractivity contribution in [3.63, 3.8) is 0 Å². The molecule has 0 bridgehead atoms. The van der Waals surface area contributed by atoms with Crippen LogP contribution in [-0.2, 0) is 0 Å². The second kappa shape index (κ2) is 5.98. The van der Waals surface area contributed by atoms with Crippen molar-refractivity contribution < 1.29 is 13.9 Å². The molecule has 1 aromatic carbocycles. The topological polar surface area (TPSA) is 36.4 Å². The van der Waals surface area contributed by atoms with Gasteiger partial charge in [0.1, 0.15) is 17.5 Å². The molecule has 0 aliphatic rings. The van der Waals surface area contributed by atoms with Crippen molar-refractivity contribution in [2.45, 2.75) is 0 Å². The van der Waals surface area contributed by atoms with Crippen LogP contribution in [0.25, 0.3) is 21.2 Å². The molecule has 114 valence electrons. The van der Waals surface area contributed by atoms with Crippen LogP contribution in [0.1, 0.15) is 0 Å². The first kappa shape index (κ1) is 14.9. The van der Waals surface area contributed by atoms with Crippen LogP contribution < -0.4 is 4.90 Å². The smallest absolute Gasteiger partial charge is 0.139 e. The van der Waals surface area contributed by atoms with E-state index in [0.717, 1.165) is 10.9 Å². The van der Waals surface area contributed by atoms with Gasteiger partial charge in [0.15, 0.2) is 0 Å². The normalized spacial score (nSPS) is 11.1. The Morgan fingerprint density at radius 1 is 1.32 bits per heavy atom. The monoisotopic (exact) mass is 320 g/mol. The number of halogens is 2. The van der Waals surface area contributed by atoms with Crippen LogP contribution in [0.4, 0.5) is 14.6 Å². The summed E-state index contributed by atoms with van der Waals surface area (Å²) in [4.78, 5) is 6.89. The number of benzene rings is 1. The van der Waals surface area contributed by atoms with E-state index in [1.165, 1.54) is 17.4 Å². The van der Waals surface area contributed by atoms with E-state index in [1.807, 2.05) is 17.5 Å². The van der Waals surface area contributed by atoms with Crippen molar-refractivity contribution >= 4 is 27.9 Å². The maximum absolute atomic E-state index is 14.4. The molecule has 3 aromatic rings. The zero-order valence-electron chi connectivity index (χ0n) is 11.9. The zero-order valence-corrected chi connectivity index (χ0v) is 12.7. The van der Waals surface area contributed by atoms with Crippen molar-refractivity contribution in [1.29, 1.82) is 0 Å². The minimum absolute atomic E-state index is 0.0742. The summed E-state index contributed by atoms with van der Waals surface area (Å²) < 4.78 is 28.1. The van der Waals surface area contributed by atoms with Gasteiger partial charge in [-0.3, -0.25) is 0 Å². The number of anilines is 1. The molecule has 0 spiro atoms. The number of thiophene rings is 1. The molecule has 3 rings (SSSR count). The number of rotatable bonds is 4. The molecule has 3 nitrogen and oxygen atoms in total. The first-order valence-electron chi connectivity index (χ1n) is 6.75. The summed E-state index contributed by atoms with van der Waals surface area (Å²) in [5.74, 6) is -0.882. The van der Waals surface area contributed by atoms with Gasteiger partial charge in [-0.05, 0) is 17.5 Å². The Morgan fingerprint density at radius 2 is 2.14 bits per heavy atom. The zero-order chi connectivity index (χ0) is 15.7. The van der Waals surface area contributed by atoms with E-state index in [4.69, 9.17) is 5.11 Å². The number of pyridine rings is 1. The third kappa shape index (κ3) is 2.55. The van der Waals surface area contributed by atoms with Gasteiger partial charge in [0.2, 0.25) is 0 Å². The molecule has 6 heteroatoms. The molecule has 0 saturated carbocycles. The van der Waals surface area contributed by atoms with Crippen molar-refractivity contribution in [1.82, 2.24) is 4.98 Å². The van der Waals surface area contributed by atoms with Gasteiger partial charge in [0.05, 0.1) is 12.0 Å². The summed E-state index contributed by atoms with van der Waals surface area (Å²) in [7, 11) is 1.71. The molecular formula is C16H14F2N2OS. The van der Waals surface area contributed by atoms with E-state index in [9.17, 15) is 8.78 Å². The lowest BCUT2D eigenvalue weighted by Crippen LogP contribution is -2.22. The van der Waals surface area contributed by atoms with E-state index in [1.54, 1.807) is 18.1 Å². The molecule has 0 amide bonds. The van der Waals surface area contributed by atoms with Crippen molar-refractivity contribution in [2.75, 3.05) is 25.1 Å². The number of likely N-dealkylation sites (N-methyl/N-ethyl adjacent to an activating group) is 1. The van der Waals surface area contributed by atoms with E-state index in [2.05, 4.69) is 4.98 Å². The number of nitrogens with zero attached hydrogens (tertiary/aromatic N) is 2. The van der Waals surface area contributed by atoms with Gasteiger partial charge in [0, 0.05) is 41.7 Å². The minimum Gasteiger partial charge on any atom is -0.395 e. The van der Waals surface area contributed by atoms with Gasteiger partial charge >= 0.3 is 0 Å². The van der Waals surface area contributed by atoms with Gasteiger partial charge in [-0.1, -0.05) is 6.07 Å². The Kier molecular flexibility index (Phi) is 4.04. The molecule has 0 atom stereocenters. The van der Waals surface area contributed by atoms with Crippen LogP contribution in [0, 0.1) is 11.6 Å². The van der Waals surface area contributed by atoms with E-state index < -0.39 is 11.6 Å². The Morgan fingerprint density at radius 3 is 2.82 bits per heavy atom. The lowest BCUT2D eigenvalue weighted by atomic mass is 10.0. The fourth-order valence-electron chi connectivity index (χ4n) is 2.45. The van der Waals surface area contributed by atoms with Crippen molar-refractivity contribution in [3.8, 4) is 10.4 Å². The fraction of sp³-hybridized carbons (Fsp3) is 0.188. The van der Waals surface area contributed by atoms with E-state index in [-0.39, 0.29) is 12.0 Å². The number of fused-ring (bicyclic) bond motifs is 1. The Balaban J connectivity index is 2.31. The summed E-state index contributed by atoms with van der Waals surface area (Å²) in [6.45, 7) is 0.242. The van der Waals surface area contributed by atoms with Crippen molar-refractivity contribution in [2.24, 2.45) is 0 Å². The average Bonchev–Trinajstić information content (AvgIpc) is 3.00. The third-order valence-corrected chi connectivity index (χ3v) is 4.37. The minimum atomic E-state index is -0.652. The predicted octanol–water partition coefficient (Wildman–Crippen LogP) is 3.67. The van der Waals surface area contributed by atoms with E-state index in [0.29, 0.717) is 23.3 Å². The first-order valence-corrected chi connectivity index (χ1v) is 7.63. The summed E-state index contributed by atoms with van der Waals surface area (Å²) in [6.07, 6.45) is 1.62. The van der Waals surface area contributed by atoms with Crippen LogP contribution in [0.5, 0.6) is 0 Å². The lowest BCUT2D eigenvalue weighted by Gasteiger charge is -2.20. The second-order valence-electron chi connectivity index (χ2n) is 4.93. The molecule has 1 N–H and O–H groups in total. The van der Waals surface area contributed by atoms with Gasteiger partial charge in [0.25, 0.3) is 0 Å². The predicted molar refractivity (Wildman–Crippen MR) is 85.3 cm³/mol.